The van der Waals surface area contributed by atoms with Gasteiger partial charge in [0, 0.05) is 5.02 Å². The van der Waals surface area contributed by atoms with Crippen LogP contribution in [-0.2, 0) is 0 Å². The zero-order valence-electron chi connectivity index (χ0n) is 10.8. The smallest absolute Gasteiger partial charge is 0.151 e. The summed E-state index contributed by atoms with van der Waals surface area (Å²) in [5, 5.41) is 9.50. The van der Waals surface area contributed by atoms with E-state index >= 15 is 0 Å². The van der Waals surface area contributed by atoms with Gasteiger partial charge in [-0.25, -0.2) is 4.39 Å². The van der Waals surface area contributed by atoms with Gasteiger partial charge < -0.3 is 9.47 Å². The lowest BCUT2D eigenvalue weighted by molar-refractivity contribution is 0.216. The van der Waals surface area contributed by atoms with Gasteiger partial charge in [0.15, 0.2) is 5.75 Å². The van der Waals surface area contributed by atoms with Gasteiger partial charge in [-0.05, 0) is 52.3 Å². The Morgan fingerprint density at radius 2 is 1.81 bits per heavy atom. The highest BCUT2D eigenvalue weighted by Gasteiger charge is 2.10. The Bertz CT molecular complexity index is 671. The Labute approximate surface area is 135 Å². The van der Waals surface area contributed by atoms with E-state index in [0.717, 1.165) is 0 Å². The first-order valence-corrected chi connectivity index (χ1v) is 7.17. The summed E-state index contributed by atoms with van der Waals surface area (Å²) in [6, 6.07) is 10.9. The third-order valence-electron chi connectivity index (χ3n) is 2.54. The Hall–Kier alpha value is -1.77. The van der Waals surface area contributed by atoms with Crippen LogP contribution < -0.4 is 9.47 Å². The van der Waals surface area contributed by atoms with Gasteiger partial charge in [0.05, 0.1) is 10.0 Å². The second-order valence-corrected chi connectivity index (χ2v) is 5.32. The minimum Gasteiger partial charge on any atom is -0.490 e. The van der Waals surface area contributed by atoms with Crippen LogP contribution in [0.5, 0.6) is 11.5 Å². The van der Waals surface area contributed by atoms with E-state index in [0.29, 0.717) is 26.6 Å². The minimum absolute atomic E-state index is 0.242. The molecule has 0 atom stereocenters. The highest BCUT2D eigenvalue weighted by Crippen LogP contribution is 2.32. The number of benzene rings is 2. The molecule has 3 nitrogen and oxygen atoms in total. The van der Waals surface area contributed by atoms with Gasteiger partial charge >= 0.3 is 0 Å². The van der Waals surface area contributed by atoms with Crippen LogP contribution in [0.3, 0.4) is 0 Å². The second-order valence-electron chi connectivity index (χ2n) is 4.03. The van der Waals surface area contributed by atoms with Crippen molar-refractivity contribution in [2.45, 2.75) is 0 Å². The number of halogens is 3. The molecule has 6 heteroatoms. The molecule has 0 fully saturated rings. The number of rotatable bonds is 5. The second kappa shape index (κ2) is 7.30. The molecule has 0 unspecified atom stereocenters. The molecule has 2 aromatic rings. The molecule has 108 valence electrons. The average Bonchev–Trinajstić information content (AvgIpc) is 2.46. The Morgan fingerprint density at radius 3 is 2.48 bits per heavy atom. The van der Waals surface area contributed by atoms with Crippen LogP contribution >= 0.6 is 27.5 Å². The van der Waals surface area contributed by atoms with Crippen LogP contribution in [0.1, 0.15) is 5.56 Å². The Morgan fingerprint density at radius 1 is 1.14 bits per heavy atom. The first-order valence-electron chi connectivity index (χ1n) is 6.00. The minimum atomic E-state index is -0.317. The summed E-state index contributed by atoms with van der Waals surface area (Å²) in [7, 11) is 0. The molecule has 2 rings (SSSR count). The summed E-state index contributed by atoms with van der Waals surface area (Å²) in [4.78, 5) is 0. The van der Waals surface area contributed by atoms with E-state index in [-0.39, 0.29) is 19.0 Å². The van der Waals surface area contributed by atoms with Crippen molar-refractivity contribution in [3.8, 4) is 17.6 Å². The number of nitriles is 1. The summed E-state index contributed by atoms with van der Waals surface area (Å²) in [6.07, 6.45) is 0. The van der Waals surface area contributed by atoms with Crippen molar-refractivity contribution in [2.24, 2.45) is 0 Å². The zero-order valence-corrected chi connectivity index (χ0v) is 13.1. The van der Waals surface area contributed by atoms with Crippen molar-refractivity contribution in [3.05, 3.63) is 57.3 Å². The van der Waals surface area contributed by atoms with E-state index in [9.17, 15) is 4.39 Å². The molecule has 0 radical (unpaired) electrons. The normalized spacial score (nSPS) is 10.0. The van der Waals surface area contributed by atoms with Gasteiger partial charge in [0.25, 0.3) is 0 Å². The lowest BCUT2D eigenvalue weighted by Gasteiger charge is -2.11. The molecule has 0 aromatic heterocycles. The molecule has 0 amide bonds. The quantitative estimate of drug-likeness (QED) is 0.724. The lowest BCUT2D eigenvalue weighted by Crippen LogP contribution is -2.10. The van der Waals surface area contributed by atoms with Crippen molar-refractivity contribution in [1.82, 2.24) is 0 Å². The lowest BCUT2D eigenvalue weighted by atomic mass is 10.2. The third-order valence-corrected chi connectivity index (χ3v) is 3.35. The van der Waals surface area contributed by atoms with Gasteiger partial charge in [-0.2, -0.15) is 5.26 Å². The first kappa shape index (κ1) is 15.6. The maximum absolute atomic E-state index is 12.7. The van der Waals surface area contributed by atoms with Crippen LogP contribution in [0.4, 0.5) is 4.39 Å². The number of ether oxygens (including phenoxy) is 2. The fourth-order valence-corrected chi connectivity index (χ4v) is 2.55. The van der Waals surface area contributed by atoms with Crippen LogP contribution in [-0.4, -0.2) is 13.2 Å². The van der Waals surface area contributed by atoms with E-state index in [1.54, 1.807) is 6.07 Å². The Balaban J connectivity index is 1.92. The summed E-state index contributed by atoms with van der Waals surface area (Å²) in [5.41, 5.74) is 0.344. The van der Waals surface area contributed by atoms with Crippen LogP contribution in [0.25, 0.3) is 0 Å². The van der Waals surface area contributed by atoms with E-state index < -0.39 is 0 Å². The SMILES string of the molecule is N#Cc1cc(Cl)cc(Br)c1OCCOc1ccc(F)cc1. The van der Waals surface area contributed by atoms with E-state index in [4.69, 9.17) is 26.3 Å². The molecule has 0 saturated heterocycles. The van der Waals surface area contributed by atoms with E-state index in [2.05, 4.69) is 15.9 Å². The van der Waals surface area contributed by atoms with Crippen molar-refractivity contribution in [3.63, 3.8) is 0 Å². The fraction of sp³-hybridized carbons (Fsp3) is 0.133. The van der Waals surface area contributed by atoms with Gasteiger partial charge in [0.1, 0.15) is 30.8 Å². The Kier molecular flexibility index (Phi) is 5.43. The van der Waals surface area contributed by atoms with Gasteiger partial charge in [0.2, 0.25) is 0 Å². The fourth-order valence-electron chi connectivity index (χ4n) is 1.62. The molecule has 0 heterocycles. The first-order chi connectivity index (χ1) is 10.1. The zero-order chi connectivity index (χ0) is 15.2. The number of nitrogens with zero attached hydrogens (tertiary/aromatic N) is 1. The number of hydrogen-bond acceptors (Lipinski definition) is 3. The summed E-state index contributed by atoms with van der Waals surface area (Å²) >= 11 is 9.16. The summed E-state index contributed by atoms with van der Waals surface area (Å²) in [6.45, 7) is 0.512. The van der Waals surface area contributed by atoms with Crippen molar-refractivity contribution in [1.29, 1.82) is 5.26 Å². The van der Waals surface area contributed by atoms with Gasteiger partial charge in [-0.1, -0.05) is 11.6 Å². The summed E-state index contributed by atoms with van der Waals surface area (Å²) < 4.78 is 24.3. The average molecular weight is 371 g/mol. The molecule has 0 N–H and O–H groups in total. The predicted octanol–water partition coefficient (Wildman–Crippen LogP) is 4.57. The van der Waals surface area contributed by atoms with Crippen molar-refractivity contribution < 1.29 is 13.9 Å². The molecule has 2 aromatic carbocycles. The predicted molar refractivity (Wildman–Crippen MR) is 81.3 cm³/mol. The van der Waals surface area contributed by atoms with Crippen molar-refractivity contribution in [2.75, 3.05) is 13.2 Å². The molecule has 0 spiro atoms. The van der Waals surface area contributed by atoms with E-state index in [1.165, 1.54) is 30.3 Å². The molecule has 0 aliphatic carbocycles. The largest absolute Gasteiger partial charge is 0.490 e. The van der Waals surface area contributed by atoms with Gasteiger partial charge in [-0.3, -0.25) is 0 Å². The molecular formula is C15H10BrClFNO2. The monoisotopic (exact) mass is 369 g/mol. The van der Waals surface area contributed by atoms with Gasteiger partial charge in [-0.15, -0.1) is 0 Å². The molecule has 0 saturated carbocycles. The molecular weight excluding hydrogens is 361 g/mol. The molecule has 0 aliphatic rings. The number of hydrogen-bond donors (Lipinski definition) is 0. The highest BCUT2D eigenvalue weighted by molar-refractivity contribution is 9.10. The van der Waals surface area contributed by atoms with Crippen LogP contribution in [0.15, 0.2) is 40.9 Å². The highest BCUT2D eigenvalue weighted by atomic mass is 79.9. The molecule has 21 heavy (non-hydrogen) atoms. The molecule has 0 bridgehead atoms. The van der Waals surface area contributed by atoms with E-state index in [1.807, 2.05) is 6.07 Å². The van der Waals surface area contributed by atoms with Crippen LogP contribution in [0, 0.1) is 17.1 Å². The van der Waals surface area contributed by atoms with Crippen molar-refractivity contribution >= 4 is 27.5 Å². The maximum Gasteiger partial charge on any atom is 0.151 e. The summed E-state index contributed by atoms with van der Waals surface area (Å²) in [5.74, 6) is 0.655. The maximum atomic E-state index is 12.7. The molecule has 0 aliphatic heterocycles. The van der Waals surface area contributed by atoms with Crippen LogP contribution in [0.2, 0.25) is 5.02 Å². The third kappa shape index (κ3) is 4.35. The topological polar surface area (TPSA) is 42.2 Å². The standard InChI is InChI=1S/C15H10BrClFNO2/c16-14-8-11(17)7-10(9-19)15(14)21-6-5-20-13-3-1-12(18)2-4-13/h1-4,7-8H,5-6H2.